The van der Waals surface area contributed by atoms with Crippen LogP contribution in [0.3, 0.4) is 0 Å². The van der Waals surface area contributed by atoms with Crippen LogP contribution >= 0.6 is 0 Å². The summed E-state index contributed by atoms with van der Waals surface area (Å²) in [5.41, 5.74) is 2.25. The summed E-state index contributed by atoms with van der Waals surface area (Å²) in [7, 11) is 1.73. The van der Waals surface area contributed by atoms with Gasteiger partial charge in [0, 0.05) is 69.6 Å². The van der Waals surface area contributed by atoms with Crippen LogP contribution in [-0.4, -0.2) is 131 Å². The van der Waals surface area contributed by atoms with Gasteiger partial charge < -0.3 is 33.6 Å². The van der Waals surface area contributed by atoms with Crippen molar-refractivity contribution >= 4 is 45.6 Å². The highest BCUT2D eigenvalue weighted by atomic mass is 19.1. The highest BCUT2D eigenvalue weighted by molar-refractivity contribution is 5.95. The fourth-order valence-corrected chi connectivity index (χ4v) is 10.1. The summed E-state index contributed by atoms with van der Waals surface area (Å²) in [4.78, 5) is 60.7. The molecule has 1 aliphatic carbocycles. The van der Waals surface area contributed by atoms with Crippen LogP contribution in [0.4, 0.5) is 24.9 Å². The number of ether oxygens (including phenoxy) is 2. The number of imidazole rings is 1. The minimum absolute atomic E-state index is 0.0299. The molecule has 1 saturated carbocycles. The van der Waals surface area contributed by atoms with Gasteiger partial charge in [-0.05, 0) is 69.7 Å². The number of amides is 2. The first-order valence-corrected chi connectivity index (χ1v) is 21.6. The molecule has 6 bridgehead atoms. The zero-order chi connectivity index (χ0) is 43.3. The van der Waals surface area contributed by atoms with Crippen molar-refractivity contribution in [2.24, 2.45) is 5.92 Å². The van der Waals surface area contributed by atoms with Crippen molar-refractivity contribution in [1.29, 1.82) is 0 Å². The molecule has 5 aliphatic heterocycles. The quantitative estimate of drug-likeness (QED) is 0.225. The topological polar surface area (TPSA) is 153 Å². The SMILES string of the molecule is CCO[C@H]1CN(C)C(=O)[C@@H]2C[C@@H](CN2c2nc(N3C[C@@H]4CC[C@H]3C(=O)N(C3CC3)C4)nc3c2cnn3-c2ccc(F)cc2F)Oc2nccc(n2)-c2cc(F)cc3nc(C)n(c23)C1. The van der Waals surface area contributed by atoms with E-state index in [0.29, 0.717) is 72.0 Å². The third-order valence-electron chi connectivity index (χ3n) is 13.1. The number of carbonyl (C=O) groups excluding carboxylic acids is 2. The molecule has 0 spiro atoms. The third kappa shape index (κ3) is 6.87. The molecule has 4 aromatic heterocycles. The van der Waals surface area contributed by atoms with Crippen LogP contribution in [0.2, 0.25) is 0 Å². The van der Waals surface area contributed by atoms with Crippen LogP contribution in [0.1, 0.15) is 44.9 Å². The Morgan fingerprint density at radius 1 is 0.841 bits per heavy atom. The summed E-state index contributed by atoms with van der Waals surface area (Å²) in [5.74, 6) is -0.837. The number of benzene rings is 2. The van der Waals surface area contributed by atoms with E-state index in [1.165, 1.54) is 29.1 Å². The second kappa shape index (κ2) is 15.2. The zero-order valence-corrected chi connectivity index (χ0v) is 35.0. The lowest BCUT2D eigenvalue weighted by Crippen LogP contribution is -2.49. The average Bonchev–Trinajstić information content (AvgIpc) is 3.86. The molecule has 6 aromatic rings. The Hall–Kier alpha value is -6.37. The van der Waals surface area contributed by atoms with Crippen molar-refractivity contribution in [2.75, 3.05) is 49.6 Å². The summed E-state index contributed by atoms with van der Waals surface area (Å²) in [6, 6.07) is 6.67. The molecule has 0 unspecified atom stereocenters. The van der Waals surface area contributed by atoms with Gasteiger partial charge in [0.1, 0.15) is 47.2 Å². The molecule has 2 aromatic carbocycles. The summed E-state index contributed by atoms with van der Waals surface area (Å²) in [6.45, 7) is 5.96. The first-order valence-electron chi connectivity index (χ1n) is 21.6. The van der Waals surface area contributed by atoms with Gasteiger partial charge >= 0.3 is 6.01 Å². The molecule has 16 nitrogen and oxygen atoms in total. The van der Waals surface area contributed by atoms with Gasteiger partial charge in [-0.15, -0.1) is 0 Å². The van der Waals surface area contributed by atoms with E-state index in [2.05, 4.69) is 10.1 Å². The lowest BCUT2D eigenvalue weighted by molar-refractivity contribution is -0.133. The van der Waals surface area contributed by atoms with E-state index in [1.54, 1.807) is 24.2 Å². The van der Waals surface area contributed by atoms with Crippen LogP contribution in [0, 0.1) is 30.3 Å². The molecule has 6 aliphatic rings. The largest absolute Gasteiger partial charge is 0.458 e. The van der Waals surface area contributed by atoms with Crippen LogP contribution in [0.5, 0.6) is 6.01 Å². The number of aromatic nitrogens is 8. The summed E-state index contributed by atoms with van der Waals surface area (Å²) >= 11 is 0. The van der Waals surface area contributed by atoms with Gasteiger partial charge in [0.2, 0.25) is 17.8 Å². The van der Waals surface area contributed by atoms with E-state index in [0.717, 1.165) is 31.4 Å². The molecule has 5 atom stereocenters. The van der Waals surface area contributed by atoms with Crippen LogP contribution in [-0.2, 0) is 20.9 Å². The number of fused-ring (bicyclic) bond motifs is 10. The molecule has 9 heterocycles. The minimum atomic E-state index is -0.841. The van der Waals surface area contributed by atoms with Crippen LogP contribution < -0.4 is 14.5 Å². The molecule has 4 saturated heterocycles. The Labute approximate surface area is 359 Å². The van der Waals surface area contributed by atoms with Crippen molar-refractivity contribution < 1.29 is 32.2 Å². The molecule has 63 heavy (non-hydrogen) atoms. The van der Waals surface area contributed by atoms with Crippen LogP contribution in [0.25, 0.3) is 39.0 Å². The number of carbonyl (C=O) groups is 2. The number of hydrogen-bond acceptors (Lipinski definition) is 12. The first-order chi connectivity index (χ1) is 30.5. The van der Waals surface area contributed by atoms with E-state index in [9.17, 15) is 14.0 Å². The van der Waals surface area contributed by atoms with E-state index < -0.39 is 41.7 Å². The normalized spacial score (nSPS) is 24.0. The smallest absolute Gasteiger partial charge is 0.317 e. The number of rotatable bonds is 6. The Morgan fingerprint density at radius 3 is 2.49 bits per heavy atom. The zero-order valence-electron chi connectivity index (χ0n) is 35.0. The second-order valence-electron chi connectivity index (χ2n) is 17.3. The Balaban J connectivity index is 1.05. The fraction of sp³-hybridized carbons (Fsp3) is 0.455. The third-order valence-corrected chi connectivity index (χ3v) is 13.1. The van der Waals surface area contributed by atoms with Crippen molar-refractivity contribution in [3.8, 4) is 23.0 Å². The minimum Gasteiger partial charge on any atom is -0.458 e. The van der Waals surface area contributed by atoms with Crippen LogP contribution in [0.15, 0.2) is 48.8 Å². The van der Waals surface area contributed by atoms with Crippen molar-refractivity contribution in [3.63, 3.8) is 0 Å². The van der Waals surface area contributed by atoms with E-state index >= 15 is 8.78 Å². The highest BCUT2D eigenvalue weighted by Gasteiger charge is 2.47. The predicted molar refractivity (Wildman–Crippen MR) is 224 cm³/mol. The fourth-order valence-electron chi connectivity index (χ4n) is 10.1. The Kier molecular flexibility index (Phi) is 9.50. The molecule has 0 N–H and O–H groups in total. The number of likely N-dealkylation sites (N-methyl/N-ethyl adjacent to an activating group) is 1. The monoisotopic (exact) mass is 862 g/mol. The lowest BCUT2D eigenvalue weighted by Gasteiger charge is -2.36. The van der Waals surface area contributed by atoms with Gasteiger partial charge in [0.05, 0.1) is 47.5 Å². The lowest BCUT2D eigenvalue weighted by atomic mass is 9.95. The molecule has 326 valence electrons. The molecule has 5 fully saturated rings. The second-order valence-corrected chi connectivity index (χ2v) is 17.3. The average molecular weight is 863 g/mol. The maximum atomic E-state index is 15.6. The van der Waals surface area contributed by atoms with Crippen molar-refractivity contribution in [3.05, 3.63) is 72.1 Å². The molecular formula is C44H45F3N12O4. The van der Waals surface area contributed by atoms with Crippen molar-refractivity contribution in [2.45, 2.75) is 82.8 Å². The van der Waals surface area contributed by atoms with Gasteiger partial charge in [-0.1, -0.05) is 0 Å². The summed E-state index contributed by atoms with van der Waals surface area (Å²) < 4.78 is 61.1. The predicted octanol–water partition coefficient (Wildman–Crippen LogP) is 4.84. The molecule has 0 radical (unpaired) electrons. The van der Waals surface area contributed by atoms with E-state index in [4.69, 9.17) is 29.4 Å². The summed E-state index contributed by atoms with van der Waals surface area (Å²) in [6.07, 6.45) is 5.63. The number of hydrogen-bond donors (Lipinski definition) is 0. The standard InChI is InChI=1S/C44H45F3N12O4/c1-4-62-29-20-54(3)41(60)37-16-28(63-44-48-12-11-33(51-44)30-13-26(46)15-34-38(30)55(22-29)23(2)50-34)21-57(37)39-31-17-49-59(35-10-6-25(45)14-32(35)47)40(31)53-43(52-39)58-19-24-5-9-36(58)42(61)56(18-24)27-7-8-27/h6,10-15,17,24,27-29,36-37H,4-5,7-9,16,18-22H2,1-3H3/t24-,28+,29+,36+,37+/m1/s1. The first kappa shape index (κ1) is 39.5. The molecule has 19 heteroatoms. The molecule has 12 rings (SSSR count). The number of halogens is 3. The number of nitrogens with zero attached hydrogens (tertiary/aromatic N) is 12. The maximum Gasteiger partial charge on any atom is 0.317 e. The summed E-state index contributed by atoms with van der Waals surface area (Å²) in [5, 5.41) is 4.97. The van der Waals surface area contributed by atoms with Gasteiger partial charge in [-0.25, -0.2) is 27.8 Å². The van der Waals surface area contributed by atoms with Gasteiger partial charge in [-0.2, -0.15) is 20.1 Å². The van der Waals surface area contributed by atoms with Crippen molar-refractivity contribution in [1.82, 2.24) is 49.1 Å². The number of aryl methyl sites for hydroxylation is 1. The number of anilines is 2. The van der Waals surface area contributed by atoms with Gasteiger partial charge in [0.25, 0.3) is 0 Å². The van der Waals surface area contributed by atoms with E-state index in [1.807, 2.05) is 33.1 Å². The van der Waals surface area contributed by atoms with Gasteiger partial charge in [-0.3, -0.25) is 9.59 Å². The number of piperidine rings is 1. The van der Waals surface area contributed by atoms with E-state index in [-0.39, 0.29) is 66.6 Å². The highest BCUT2D eigenvalue weighted by Crippen LogP contribution is 2.40. The maximum absolute atomic E-state index is 15.6. The Bertz CT molecular complexity index is 2810. The molecule has 2 amide bonds. The Morgan fingerprint density at radius 2 is 1.68 bits per heavy atom. The van der Waals surface area contributed by atoms with Gasteiger partial charge in [0.15, 0.2) is 11.5 Å². The molecular weight excluding hydrogens is 818 g/mol.